The van der Waals surface area contributed by atoms with Gasteiger partial charge in [-0.3, -0.25) is 0 Å². The highest BCUT2D eigenvalue weighted by molar-refractivity contribution is 6.17. The van der Waals surface area contributed by atoms with Crippen LogP contribution in [0.3, 0.4) is 0 Å². The number of hydrogen-bond acceptors (Lipinski definition) is 1. The van der Waals surface area contributed by atoms with Crippen LogP contribution in [0.5, 0.6) is 0 Å². The largest absolute Gasteiger partial charge is 0.312 e. The molecular weight excluding hydrogens is 170 g/mol. The Morgan fingerprint density at radius 1 is 1.25 bits per heavy atom. The highest BCUT2D eigenvalue weighted by Crippen LogP contribution is 2.09. The van der Waals surface area contributed by atoms with E-state index in [4.69, 9.17) is 11.6 Å². The summed E-state index contributed by atoms with van der Waals surface area (Å²) in [5, 5.41) is 3.51. The van der Waals surface area contributed by atoms with Crippen molar-refractivity contribution in [3.63, 3.8) is 0 Å². The number of nitrogens with one attached hydrogen (secondary N) is 1. The lowest BCUT2D eigenvalue weighted by atomic mass is 10.0. The molecule has 74 valence electrons. The zero-order valence-electron chi connectivity index (χ0n) is 8.62. The molecule has 2 heteroatoms. The highest BCUT2D eigenvalue weighted by Gasteiger charge is 2.14. The van der Waals surface area contributed by atoms with E-state index in [1.807, 2.05) is 0 Å². The third kappa shape index (κ3) is 6.93. The first kappa shape index (κ1) is 12.2. The van der Waals surface area contributed by atoms with E-state index < -0.39 is 0 Å². The number of alkyl halides is 1. The van der Waals surface area contributed by atoms with Crippen molar-refractivity contribution in [3.05, 3.63) is 0 Å². The molecule has 0 heterocycles. The summed E-state index contributed by atoms with van der Waals surface area (Å²) in [5.41, 5.74) is 0.218. The van der Waals surface area contributed by atoms with Gasteiger partial charge in [0, 0.05) is 11.4 Å². The summed E-state index contributed by atoms with van der Waals surface area (Å²) in [6.07, 6.45) is 4.93. The molecule has 0 amide bonds. The number of rotatable bonds is 7. The lowest BCUT2D eigenvalue weighted by Crippen LogP contribution is -2.40. The average Bonchev–Trinajstić information content (AvgIpc) is 1.98. The van der Waals surface area contributed by atoms with Gasteiger partial charge in [0.25, 0.3) is 0 Å². The first-order valence-corrected chi connectivity index (χ1v) is 5.47. The van der Waals surface area contributed by atoms with Gasteiger partial charge in [0.1, 0.15) is 0 Å². The number of halogens is 1. The molecule has 12 heavy (non-hydrogen) atoms. The molecule has 0 saturated carbocycles. The maximum absolute atomic E-state index is 5.69. The Balaban J connectivity index is 3.33. The van der Waals surface area contributed by atoms with Crippen LogP contribution < -0.4 is 5.32 Å². The van der Waals surface area contributed by atoms with Crippen LogP contribution in [-0.4, -0.2) is 18.0 Å². The van der Waals surface area contributed by atoms with Crippen LogP contribution >= 0.6 is 11.6 Å². The van der Waals surface area contributed by atoms with Gasteiger partial charge in [-0.15, -0.1) is 11.6 Å². The summed E-state index contributed by atoms with van der Waals surface area (Å²) in [6.45, 7) is 7.77. The molecule has 0 rings (SSSR count). The molecule has 1 nitrogen and oxygen atoms in total. The predicted octanol–water partition coefficient (Wildman–Crippen LogP) is 3.17. The lowest BCUT2D eigenvalue weighted by Gasteiger charge is -2.25. The van der Waals surface area contributed by atoms with Crippen molar-refractivity contribution >= 4 is 11.6 Å². The molecule has 0 aromatic carbocycles. The monoisotopic (exact) mass is 191 g/mol. The van der Waals surface area contributed by atoms with E-state index in [1.165, 1.54) is 19.3 Å². The normalized spacial score (nSPS) is 12.0. The van der Waals surface area contributed by atoms with Gasteiger partial charge >= 0.3 is 0 Å². The zero-order valence-corrected chi connectivity index (χ0v) is 9.38. The summed E-state index contributed by atoms with van der Waals surface area (Å²) in [7, 11) is 0. The Kier molecular flexibility index (Phi) is 6.87. The molecule has 1 N–H and O–H groups in total. The average molecular weight is 192 g/mol. The second-order valence-corrected chi connectivity index (χ2v) is 4.33. The van der Waals surface area contributed by atoms with Crippen molar-refractivity contribution in [2.24, 2.45) is 0 Å². The van der Waals surface area contributed by atoms with Crippen LogP contribution in [0.1, 0.15) is 46.5 Å². The first-order chi connectivity index (χ1) is 5.62. The molecular formula is C10H22ClN. The van der Waals surface area contributed by atoms with Crippen molar-refractivity contribution in [3.8, 4) is 0 Å². The minimum Gasteiger partial charge on any atom is -0.312 e. The fourth-order valence-electron chi connectivity index (χ4n) is 1.13. The second-order valence-electron chi connectivity index (χ2n) is 3.96. The molecule has 0 atom stereocenters. The van der Waals surface area contributed by atoms with E-state index in [2.05, 4.69) is 26.1 Å². The number of hydrogen-bond donors (Lipinski definition) is 1. The second kappa shape index (κ2) is 6.73. The summed E-state index contributed by atoms with van der Waals surface area (Å²) >= 11 is 5.69. The van der Waals surface area contributed by atoms with E-state index in [-0.39, 0.29) is 5.54 Å². The van der Waals surface area contributed by atoms with E-state index in [1.54, 1.807) is 0 Å². The van der Waals surface area contributed by atoms with Gasteiger partial charge in [-0.1, -0.05) is 19.8 Å². The summed E-state index contributed by atoms with van der Waals surface area (Å²) in [5.74, 6) is 0.744. The highest BCUT2D eigenvalue weighted by atomic mass is 35.5. The van der Waals surface area contributed by atoms with Crippen LogP contribution in [0.4, 0.5) is 0 Å². The fraction of sp³-hybridized carbons (Fsp3) is 1.00. The molecule has 0 aliphatic carbocycles. The first-order valence-electron chi connectivity index (χ1n) is 4.93. The van der Waals surface area contributed by atoms with Crippen LogP contribution in [0.15, 0.2) is 0 Å². The van der Waals surface area contributed by atoms with Crippen LogP contribution in [-0.2, 0) is 0 Å². The Morgan fingerprint density at radius 3 is 2.42 bits per heavy atom. The predicted molar refractivity (Wildman–Crippen MR) is 56.9 cm³/mol. The van der Waals surface area contributed by atoms with Crippen LogP contribution in [0.2, 0.25) is 0 Å². The van der Waals surface area contributed by atoms with Crippen molar-refractivity contribution in [2.75, 3.05) is 12.4 Å². The summed E-state index contributed by atoms with van der Waals surface area (Å²) in [6, 6.07) is 0. The third-order valence-corrected chi connectivity index (χ3v) is 2.29. The molecule has 0 aromatic heterocycles. The Morgan fingerprint density at radius 2 is 1.92 bits per heavy atom. The quantitative estimate of drug-likeness (QED) is 0.482. The van der Waals surface area contributed by atoms with Gasteiger partial charge in [-0.05, 0) is 33.2 Å². The molecule has 0 aliphatic rings. The standard InChI is InChI=1S/C10H22ClN/c1-4-5-6-9-12-10(2,3)7-8-11/h12H,4-9H2,1-3H3. The third-order valence-electron chi connectivity index (χ3n) is 2.10. The van der Waals surface area contributed by atoms with Gasteiger partial charge in [0.15, 0.2) is 0 Å². The zero-order chi connectivity index (χ0) is 9.45. The molecule has 0 aliphatic heterocycles. The van der Waals surface area contributed by atoms with E-state index >= 15 is 0 Å². The maximum atomic E-state index is 5.69. The van der Waals surface area contributed by atoms with E-state index in [9.17, 15) is 0 Å². The van der Waals surface area contributed by atoms with Gasteiger partial charge in [0.05, 0.1) is 0 Å². The molecule has 0 unspecified atom stereocenters. The van der Waals surface area contributed by atoms with Gasteiger partial charge in [-0.2, -0.15) is 0 Å². The number of unbranched alkanes of at least 4 members (excludes halogenated alkanes) is 2. The van der Waals surface area contributed by atoms with Gasteiger partial charge < -0.3 is 5.32 Å². The lowest BCUT2D eigenvalue weighted by molar-refractivity contribution is 0.373. The summed E-state index contributed by atoms with van der Waals surface area (Å²) in [4.78, 5) is 0. The smallest absolute Gasteiger partial charge is 0.0240 e. The molecule has 0 fully saturated rings. The van der Waals surface area contributed by atoms with Gasteiger partial charge in [0.2, 0.25) is 0 Å². The molecule has 0 bridgehead atoms. The van der Waals surface area contributed by atoms with Crippen molar-refractivity contribution in [1.29, 1.82) is 0 Å². The maximum Gasteiger partial charge on any atom is 0.0240 e. The molecule has 0 spiro atoms. The minimum atomic E-state index is 0.218. The van der Waals surface area contributed by atoms with Crippen molar-refractivity contribution < 1.29 is 0 Å². The topological polar surface area (TPSA) is 12.0 Å². The molecule has 0 radical (unpaired) electrons. The van der Waals surface area contributed by atoms with Crippen molar-refractivity contribution in [1.82, 2.24) is 5.32 Å². The van der Waals surface area contributed by atoms with Crippen LogP contribution in [0.25, 0.3) is 0 Å². The molecule has 0 saturated heterocycles. The fourth-order valence-corrected chi connectivity index (χ4v) is 1.60. The Labute approximate surface area is 81.9 Å². The van der Waals surface area contributed by atoms with E-state index in [0.717, 1.165) is 18.8 Å². The van der Waals surface area contributed by atoms with Gasteiger partial charge in [-0.25, -0.2) is 0 Å². The van der Waals surface area contributed by atoms with Crippen LogP contribution in [0, 0.1) is 0 Å². The van der Waals surface area contributed by atoms with Crippen molar-refractivity contribution in [2.45, 2.75) is 52.0 Å². The summed E-state index contributed by atoms with van der Waals surface area (Å²) < 4.78 is 0. The Hall–Kier alpha value is 0.250. The molecule has 0 aromatic rings. The van der Waals surface area contributed by atoms with E-state index in [0.29, 0.717) is 0 Å². The SMILES string of the molecule is CCCCCNC(C)(C)CCCl. The minimum absolute atomic E-state index is 0.218. The Bertz CT molecular complexity index is 102.